The van der Waals surface area contributed by atoms with Gasteiger partial charge in [0.2, 0.25) is 0 Å². The monoisotopic (exact) mass is 239 g/mol. The van der Waals surface area contributed by atoms with Crippen molar-refractivity contribution in [1.82, 2.24) is 4.90 Å². The quantitative estimate of drug-likeness (QED) is 0.874. The Bertz CT molecular complexity index is 428. The van der Waals surface area contributed by atoms with Gasteiger partial charge < -0.3 is 14.4 Å². The molecule has 0 aliphatic rings. The molecule has 0 aliphatic carbocycles. The summed E-state index contributed by atoms with van der Waals surface area (Å²) in [6.45, 7) is 6.76. The average molecular weight is 239 g/mol. The predicted molar refractivity (Wildman–Crippen MR) is 61.9 cm³/mol. The van der Waals surface area contributed by atoms with Crippen LogP contribution in [0.5, 0.6) is 0 Å². The minimum absolute atomic E-state index is 0.196. The highest BCUT2D eigenvalue weighted by Crippen LogP contribution is 2.19. The fourth-order valence-electron chi connectivity index (χ4n) is 1.46. The Kier molecular flexibility index (Phi) is 3.60. The first-order valence-electron chi connectivity index (χ1n) is 5.31. The Labute approximate surface area is 100 Å². The van der Waals surface area contributed by atoms with Gasteiger partial charge in [-0.05, 0) is 33.8 Å². The minimum atomic E-state index is -1.04. The third-order valence-electron chi connectivity index (χ3n) is 2.40. The maximum atomic E-state index is 12.2. The zero-order valence-corrected chi connectivity index (χ0v) is 10.5. The molecule has 0 spiro atoms. The second-order valence-corrected chi connectivity index (χ2v) is 4.89. The molecule has 1 aromatic heterocycles. The smallest absolute Gasteiger partial charge is 0.323 e. The summed E-state index contributed by atoms with van der Waals surface area (Å²) in [6.07, 6.45) is 1.42. The van der Waals surface area contributed by atoms with Gasteiger partial charge in [-0.25, -0.2) is 0 Å². The van der Waals surface area contributed by atoms with Gasteiger partial charge in [0.15, 0.2) is 5.76 Å². The molecule has 5 heteroatoms. The Balaban J connectivity index is 3.04. The van der Waals surface area contributed by atoms with E-state index >= 15 is 0 Å². The summed E-state index contributed by atoms with van der Waals surface area (Å²) in [7, 11) is 0. The largest absolute Gasteiger partial charge is 0.480 e. The molecule has 0 aromatic carbocycles. The zero-order valence-electron chi connectivity index (χ0n) is 10.5. The maximum Gasteiger partial charge on any atom is 0.323 e. The van der Waals surface area contributed by atoms with Crippen LogP contribution in [0.4, 0.5) is 0 Å². The lowest BCUT2D eigenvalue weighted by Crippen LogP contribution is -2.48. The first kappa shape index (κ1) is 13.3. The van der Waals surface area contributed by atoms with Gasteiger partial charge in [0, 0.05) is 11.1 Å². The van der Waals surface area contributed by atoms with Crippen molar-refractivity contribution < 1.29 is 19.1 Å². The van der Waals surface area contributed by atoms with E-state index in [1.807, 2.05) is 0 Å². The third kappa shape index (κ3) is 3.09. The lowest BCUT2D eigenvalue weighted by Gasteiger charge is -2.33. The van der Waals surface area contributed by atoms with Crippen LogP contribution in [0.3, 0.4) is 0 Å². The van der Waals surface area contributed by atoms with Gasteiger partial charge in [-0.3, -0.25) is 9.59 Å². The summed E-state index contributed by atoms with van der Waals surface area (Å²) < 4.78 is 5.10. The van der Waals surface area contributed by atoms with Gasteiger partial charge in [0.05, 0.1) is 6.26 Å². The molecule has 0 saturated heterocycles. The SMILES string of the molecule is Cc1ccoc1C(=O)N(CC(=O)O)C(C)(C)C. The van der Waals surface area contributed by atoms with Gasteiger partial charge in [-0.15, -0.1) is 0 Å². The molecule has 5 nitrogen and oxygen atoms in total. The molecular formula is C12H17NO4. The Hall–Kier alpha value is -1.78. The molecule has 1 rings (SSSR count). The van der Waals surface area contributed by atoms with Gasteiger partial charge in [0.25, 0.3) is 5.91 Å². The number of aliphatic carboxylic acids is 1. The molecule has 1 N–H and O–H groups in total. The maximum absolute atomic E-state index is 12.2. The molecule has 0 radical (unpaired) electrons. The Morgan fingerprint density at radius 3 is 2.35 bits per heavy atom. The van der Waals surface area contributed by atoms with E-state index < -0.39 is 17.4 Å². The van der Waals surface area contributed by atoms with Crippen LogP contribution in [0.2, 0.25) is 0 Å². The van der Waals surface area contributed by atoms with E-state index in [0.717, 1.165) is 0 Å². The van der Waals surface area contributed by atoms with Crippen molar-refractivity contribution in [3.8, 4) is 0 Å². The summed E-state index contributed by atoms with van der Waals surface area (Å²) in [6, 6.07) is 1.68. The molecule has 17 heavy (non-hydrogen) atoms. The molecule has 0 saturated carbocycles. The molecule has 1 amide bonds. The van der Waals surface area contributed by atoms with E-state index in [2.05, 4.69) is 0 Å². The van der Waals surface area contributed by atoms with E-state index in [9.17, 15) is 9.59 Å². The van der Waals surface area contributed by atoms with Crippen LogP contribution in [-0.4, -0.2) is 34.0 Å². The number of carbonyl (C=O) groups is 2. The van der Waals surface area contributed by atoms with Crippen LogP contribution >= 0.6 is 0 Å². The molecule has 94 valence electrons. The van der Waals surface area contributed by atoms with Crippen molar-refractivity contribution in [2.24, 2.45) is 0 Å². The number of rotatable bonds is 3. The van der Waals surface area contributed by atoms with Crippen LogP contribution in [0.25, 0.3) is 0 Å². The number of nitrogens with zero attached hydrogens (tertiary/aromatic N) is 1. The molecule has 0 bridgehead atoms. The Morgan fingerprint density at radius 1 is 1.41 bits per heavy atom. The van der Waals surface area contributed by atoms with Gasteiger partial charge in [0.1, 0.15) is 6.54 Å². The van der Waals surface area contributed by atoms with Gasteiger partial charge >= 0.3 is 5.97 Å². The molecular weight excluding hydrogens is 222 g/mol. The minimum Gasteiger partial charge on any atom is -0.480 e. The predicted octanol–water partition coefficient (Wildman–Crippen LogP) is 1.91. The summed E-state index contributed by atoms with van der Waals surface area (Å²) >= 11 is 0. The molecule has 1 aromatic rings. The molecule has 0 atom stereocenters. The topological polar surface area (TPSA) is 70.8 Å². The van der Waals surface area contributed by atoms with Crippen molar-refractivity contribution in [2.45, 2.75) is 33.2 Å². The van der Waals surface area contributed by atoms with Crippen molar-refractivity contribution in [2.75, 3.05) is 6.54 Å². The number of carboxylic acid groups (broad SMARTS) is 1. The normalized spacial score (nSPS) is 11.3. The molecule has 0 aliphatic heterocycles. The highest BCUT2D eigenvalue weighted by molar-refractivity contribution is 5.95. The van der Waals surface area contributed by atoms with Crippen LogP contribution in [0.15, 0.2) is 16.7 Å². The fourth-order valence-corrected chi connectivity index (χ4v) is 1.46. The van der Waals surface area contributed by atoms with Crippen molar-refractivity contribution in [1.29, 1.82) is 0 Å². The van der Waals surface area contributed by atoms with E-state index in [-0.39, 0.29) is 12.3 Å². The summed E-state index contributed by atoms with van der Waals surface area (Å²) in [5.41, 5.74) is 0.129. The fraction of sp³-hybridized carbons (Fsp3) is 0.500. The van der Waals surface area contributed by atoms with Crippen LogP contribution in [-0.2, 0) is 4.79 Å². The zero-order chi connectivity index (χ0) is 13.2. The number of amides is 1. The van der Waals surface area contributed by atoms with Crippen molar-refractivity contribution in [3.63, 3.8) is 0 Å². The number of aryl methyl sites for hydroxylation is 1. The van der Waals surface area contributed by atoms with E-state index in [1.165, 1.54) is 11.2 Å². The highest BCUT2D eigenvalue weighted by Gasteiger charge is 2.31. The number of carboxylic acids is 1. The van der Waals surface area contributed by atoms with E-state index in [1.54, 1.807) is 33.8 Å². The highest BCUT2D eigenvalue weighted by atomic mass is 16.4. The second kappa shape index (κ2) is 4.61. The number of hydrogen-bond donors (Lipinski definition) is 1. The summed E-state index contributed by atoms with van der Waals surface area (Å²) in [4.78, 5) is 24.2. The lowest BCUT2D eigenvalue weighted by atomic mass is 10.0. The van der Waals surface area contributed by atoms with E-state index in [0.29, 0.717) is 5.56 Å². The standard InChI is InChI=1S/C12H17NO4/c1-8-5-6-17-10(8)11(16)13(7-9(14)15)12(2,3)4/h5-6H,7H2,1-4H3,(H,14,15). The Morgan fingerprint density at radius 2 is 2.00 bits per heavy atom. The third-order valence-corrected chi connectivity index (χ3v) is 2.40. The number of hydrogen-bond acceptors (Lipinski definition) is 3. The first-order chi connectivity index (χ1) is 7.73. The first-order valence-corrected chi connectivity index (χ1v) is 5.31. The lowest BCUT2D eigenvalue weighted by molar-refractivity contribution is -0.138. The van der Waals surface area contributed by atoms with Gasteiger partial charge in [-0.2, -0.15) is 0 Å². The number of carbonyl (C=O) groups excluding carboxylic acids is 1. The van der Waals surface area contributed by atoms with Crippen LogP contribution in [0.1, 0.15) is 36.9 Å². The number of furan rings is 1. The summed E-state index contributed by atoms with van der Waals surface area (Å²) in [5.74, 6) is -1.25. The molecule has 0 fully saturated rings. The van der Waals surface area contributed by atoms with Crippen molar-refractivity contribution >= 4 is 11.9 Å². The van der Waals surface area contributed by atoms with Crippen LogP contribution in [0, 0.1) is 6.92 Å². The van der Waals surface area contributed by atoms with Gasteiger partial charge in [-0.1, -0.05) is 0 Å². The summed E-state index contributed by atoms with van der Waals surface area (Å²) in [5, 5.41) is 8.84. The van der Waals surface area contributed by atoms with Crippen LogP contribution < -0.4 is 0 Å². The molecule has 0 unspecified atom stereocenters. The van der Waals surface area contributed by atoms with E-state index in [4.69, 9.17) is 9.52 Å². The second-order valence-electron chi connectivity index (χ2n) is 4.89. The van der Waals surface area contributed by atoms with Crippen molar-refractivity contribution in [3.05, 3.63) is 23.7 Å². The molecule has 1 heterocycles. The average Bonchev–Trinajstić information content (AvgIpc) is 2.58.